The minimum absolute atomic E-state index is 0.733. The summed E-state index contributed by atoms with van der Waals surface area (Å²) in [6.07, 6.45) is 4.03. The molecule has 0 fully saturated rings. The summed E-state index contributed by atoms with van der Waals surface area (Å²) >= 11 is 6.02. The average molecular weight is 259 g/mol. The first-order valence-corrected chi connectivity index (χ1v) is 6.10. The zero-order chi connectivity index (χ0) is 12.7. The lowest BCUT2D eigenvalue weighted by Crippen LogP contribution is -2.25. The predicted octanol–water partition coefficient (Wildman–Crippen LogP) is 2.72. The Balaban J connectivity index is 2.23. The van der Waals surface area contributed by atoms with Crippen molar-refractivity contribution in [2.45, 2.75) is 0 Å². The summed E-state index contributed by atoms with van der Waals surface area (Å²) in [6, 6.07) is 9.87. The Morgan fingerprint density at radius 2 is 1.89 bits per heavy atom. The van der Waals surface area contributed by atoms with Gasteiger partial charge in [0.05, 0.1) is 11.0 Å². The molecular weight excluding hydrogens is 246 g/mol. The number of aromatic nitrogens is 3. The Labute approximate surface area is 110 Å². The molecule has 0 saturated heterocycles. The largest absolute Gasteiger partial charge is 0.327 e. The maximum Gasteiger partial charge on any atom is 0.169 e. The van der Waals surface area contributed by atoms with Crippen molar-refractivity contribution in [3.05, 3.63) is 47.7 Å². The number of aryl methyl sites for hydroxylation is 2. The van der Waals surface area contributed by atoms with Gasteiger partial charge in [0.1, 0.15) is 12.9 Å². The topological polar surface area (TPSA) is 21.7 Å². The Bertz CT molecular complexity index is 714. The maximum atomic E-state index is 6.02. The fraction of sp³-hybridized carbons (Fsp3) is 0.143. The molecule has 0 aliphatic carbocycles. The van der Waals surface area contributed by atoms with Gasteiger partial charge in [0.25, 0.3) is 0 Å². The van der Waals surface area contributed by atoms with Crippen LogP contribution in [0.25, 0.3) is 22.4 Å². The van der Waals surface area contributed by atoms with Gasteiger partial charge in [-0.25, -0.2) is 9.55 Å². The summed E-state index contributed by atoms with van der Waals surface area (Å²) in [5, 5.41) is 0.733. The lowest BCUT2D eigenvalue weighted by molar-refractivity contribution is -0.671. The van der Waals surface area contributed by atoms with Crippen molar-refractivity contribution in [2.24, 2.45) is 14.1 Å². The molecule has 0 aliphatic heterocycles. The third kappa shape index (κ3) is 1.77. The number of nitrogens with zero attached hydrogens (tertiary/aromatic N) is 3. The quantitative estimate of drug-likeness (QED) is 0.615. The van der Waals surface area contributed by atoms with Crippen LogP contribution in [0.15, 0.2) is 42.7 Å². The van der Waals surface area contributed by atoms with Crippen LogP contribution in [-0.4, -0.2) is 9.55 Å². The monoisotopic (exact) mass is 258 g/mol. The first kappa shape index (κ1) is 11.2. The van der Waals surface area contributed by atoms with E-state index >= 15 is 0 Å². The molecule has 3 rings (SSSR count). The van der Waals surface area contributed by atoms with Crippen LogP contribution in [-0.2, 0) is 14.1 Å². The first-order valence-electron chi connectivity index (χ1n) is 5.73. The fourth-order valence-electron chi connectivity index (χ4n) is 2.07. The second-order valence-corrected chi connectivity index (χ2v) is 4.82. The van der Waals surface area contributed by atoms with Gasteiger partial charge < -0.3 is 4.57 Å². The van der Waals surface area contributed by atoms with Crippen LogP contribution in [0.5, 0.6) is 0 Å². The fourth-order valence-corrected chi connectivity index (χ4v) is 2.24. The number of rotatable bonds is 1. The van der Waals surface area contributed by atoms with Crippen molar-refractivity contribution in [3.8, 4) is 11.4 Å². The summed E-state index contributed by atoms with van der Waals surface area (Å²) < 4.78 is 4.07. The molecule has 4 heteroatoms. The van der Waals surface area contributed by atoms with E-state index in [9.17, 15) is 0 Å². The van der Waals surface area contributed by atoms with Gasteiger partial charge in [0.2, 0.25) is 0 Å². The molecule has 0 unspecified atom stereocenters. The summed E-state index contributed by atoms with van der Waals surface area (Å²) in [5.74, 6) is 0.952. The summed E-state index contributed by atoms with van der Waals surface area (Å²) in [4.78, 5) is 4.65. The maximum absolute atomic E-state index is 6.02. The summed E-state index contributed by atoms with van der Waals surface area (Å²) in [7, 11) is 4.01. The minimum Gasteiger partial charge on any atom is -0.327 e. The number of halogens is 1. The van der Waals surface area contributed by atoms with E-state index in [0.29, 0.717) is 0 Å². The highest BCUT2D eigenvalue weighted by Crippen LogP contribution is 2.24. The summed E-state index contributed by atoms with van der Waals surface area (Å²) in [5.41, 5.74) is 3.11. The molecule has 2 aromatic heterocycles. The summed E-state index contributed by atoms with van der Waals surface area (Å²) in [6.45, 7) is 0. The van der Waals surface area contributed by atoms with Crippen LogP contribution in [0, 0.1) is 0 Å². The predicted molar refractivity (Wildman–Crippen MR) is 72.3 cm³/mol. The Kier molecular flexibility index (Phi) is 2.56. The molecule has 0 atom stereocenters. The molecule has 0 saturated carbocycles. The molecular formula is C14H13ClN3+. The van der Waals surface area contributed by atoms with Crippen LogP contribution in [0.3, 0.4) is 0 Å². The van der Waals surface area contributed by atoms with Gasteiger partial charge in [-0.15, -0.1) is 0 Å². The standard InChI is InChI=1S/C14H13ClN3/c1-17-7-5-10(6-8-17)14-16-12-4-3-11(15)9-13(12)18(14)2/h3-9H,1-2H3/q+1. The van der Waals surface area contributed by atoms with E-state index in [1.54, 1.807) is 0 Å². The van der Waals surface area contributed by atoms with Gasteiger partial charge >= 0.3 is 0 Å². The molecule has 2 heterocycles. The number of pyridine rings is 1. The smallest absolute Gasteiger partial charge is 0.169 e. The first-order chi connectivity index (χ1) is 8.65. The van der Waals surface area contributed by atoms with Crippen molar-refractivity contribution in [1.29, 1.82) is 0 Å². The van der Waals surface area contributed by atoms with Gasteiger partial charge in [0, 0.05) is 29.8 Å². The Morgan fingerprint density at radius 3 is 2.61 bits per heavy atom. The molecule has 3 nitrogen and oxygen atoms in total. The zero-order valence-corrected chi connectivity index (χ0v) is 11.0. The highest BCUT2D eigenvalue weighted by Gasteiger charge is 2.10. The molecule has 0 amide bonds. The molecule has 18 heavy (non-hydrogen) atoms. The van der Waals surface area contributed by atoms with Gasteiger partial charge in [-0.1, -0.05) is 11.6 Å². The van der Waals surface area contributed by atoms with Crippen molar-refractivity contribution >= 4 is 22.6 Å². The molecule has 0 spiro atoms. The van der Waals surface area contributed by atoms with E-state index in [2.05, 4.69) is 21.7 Å². The normalized spacial score (nSPS) is 11.1. The average Bonchev–Trinajstić information content (AvgIpc) is 2.68. The molecule has 0 radical (unpaired) electrons. The number of imidazole rings is 1. The highest BCUT2D eigenvalue weighted by atomic mass is 35.5. The minimum atomic E-state index is 0.733. The number of hydrogen-bond acceptors (Lipinski definition) is 1. The molecule has 1 aromatic carbocycles. The van der Waals surface area contributed by atoms with Gasteiger partial charge in [-0.2, -0.15) is 0 Å². The van der Waals surface area contributed by atoms with Crippen LogP contribution in [0.2, 0.25) is 5.02 Å². The van der Waals surface area contributed by atoms with E-state index in [-0.39, 0.29) is 0 Å². The van der Waals surface area contributed by atoms with Gasteiger partial charge in [-0.05, 0) is 18.2 Å². The SMILES string of the molecule is Cn1c(-c2cc[n+](C)cc2)nc2ccc(Cl)cc21. The van der Waals surface area contributed by atoms with Crippen molar-refractivity contribution in [2.75, 3.05) is 0 Å². The molecule has 3 aromatic rings. The van der Waals surface area contributed by atoms with Crippen LogP contribution < -0.4 is 4.57 Å². The zero-order valence-electron chi connectivity index (χ0n) is 10.3. The van der Waals surface area contributed by atoms with Crippen LogP contribution in [0.4, 0.5) is 0 Å². The second kappa shape index (κ2) is 4.10. The van der Waals surface area contributed by atoms with E-state index in [4.69, 9.17) is 11.6 Å². The van der Waals surface area contributed by atoms with Gasteiger partial charge in [-0.3, -0.25) is 0 Å². The van der Waals surface area contributed by atoms with Crippen LogP contribution >= 0.6 is 11.6 Å². The second-order valence-electron chi connectivity index (χ2n) is 4.38. The van der Waals surface area contributed by atoms with Crippen molar-refractivity contribution in [3.63, 3.8) is 0 Å². The highest BCUT2D eigenvalue weighted by molar-refractivity contribution is 6.31. The molecule has 90 valence electrons. The number of hydrogen-bond donors (Lipinski definition) is 0. The Morgan fingerprint density at radius 1 is 1.17 bits per heavy atom. The molecule has 0 N–H and O–H groups in total. The van der Waals surface area contributed by atoms with E-state index in [0.717, 1.165) is 27.4 Å². The number of benzene rings is 1. The Hall–Kier alpha value is -1.87. The van der Waals surface area contributed by atoms with E-state index < -0.39 is 0 Å². The lowest BCUT2D eigenvalue weighted by atomic mass is 10.2. The third-order valence-electron chi connectivity index (χ3n) is 3.08. The molecule has 0 aliphatic rings. The third-order valence-corrected chi connectivity index (χ3v) is 3.31. The van der Waals surface area contributed by atoms with Crippen molar-refractivity contribution in [1.82, 2.24) is 9.55 Å². The lowest BCUT2D eigenvalue weighted by Gasteiger charge is -2.01. The van der Waals surface area contributed by atoms with E-state index in [1.165, 1.54) is 0 Å². The van der Waals surface area contributed by atoms with Crippen molar-refractivity contribution < 1.29 is 4.57 Å². The van der Waals surface area contributed by atoms with Gasteiger partial charge in [0.15, 0.2) is 12.4 Å². The van der Waals surface area contributed by atoms with E-state index in [1.807, 2.05) is 49.3 Å². The number of fused-ring (bicyclic) bond motifs is 1. The van der Waals surface area contributed by atoms with Crippen LogP contribution in [0.1, 0.15) is 0 Å². The molecule has 0 bridgehead atoms.